The molecule has 0 spiro atoms. The van der Waals surface area contributed by atoms with Crippen molar-refractivity contribution in [3.63, 3.8) is 0 Å². The monoisotopic (exact) mass is 339 g/mol. The maximum atomic E-state index is 12.0. The van der Waals surface area contributed by atoms with Crippen LogP contribution in [0.1, 0.15) is 25.7 Å². The molecule has 0 radical (unpaired) electrons. The minimum atomic E-state index is -3.60. The quantitative estimate of drug-likeness (QED) is 0.909. The number of ether oxygens (including phenoxy) is 1. The molecule has 0 fully saturated rings. The molecule has 0 aliphatic heterocycles. The standard InChI is InChI=1S/C15H17NO4S2/c1-10-6-4-5-7-12(10)9-20-13-8-11(2)21-14(13)15(17)16-22(3,18)19/h4-8H,9H2,1-3H3,(H,16,17). The Bertz CT molecular complexity index is 794. The van der Waals surface area contributed by atoms with Crippen LogP contribution in [0.5, 0.6) is 5.75 Å². The predicted octanol–water partition coefficient (Wildman–Crippen LogP) is 2.63. The maximum Gasteiger partial charge on any atom is 0.278 e. The van der Waals surface area contributed by atoms with Crippen LogP contribution in [0.4, 0.5) is 0 Å². The molecule has 22 heavy (non-hydrogen) atoms. The molecule has 5 nitrogen and oxygen atoms in total. The first-order valence-electron chi connectivity index (χ1n) is 6.56. The van der Waals surface area contributed by atoms with Crippen LogP contribution < -0.4 is 9.46 Å². The van der Waals surface area contributed by atoms with Gasteiger partial charge in [-0.05, 0) is 31.0 Å². The van der Waals surface area contributed by atoms with Crippen molar-refractivity contribution in [1.82, 2.24) is 4.72 Å². The molecule has 0 bridgehead atoms. The second-order valence-electron chi connectivity index (χ2n) is 4.97. The summed E-state index contributed by atoms with van der Waals surface area (Å²) in [6.45, 7) is 4.14. The number of nitrogens with one attached hydrogen (secondary N) is 1. The van der Waals surface area contributed by atoms with Crippen molar-refractivity contribution in [2.75, 3.05) is 6.26 Å². The SMILES string of the molecule is Cc1cc(OCc2ccccc2C)c(C(=O)NS(C)(=O)=O)s1. The van der Waals surface area contributed by atoms with E-state index in [1.165, 1.54) is 11.3 Å². The molecule has 1 amide bonds. The van der Waals surface area contributed by atoms with Crippen molar-refractivity contribution in [2.24, 2.45) is 0 Å². The smallest absolute Gasteiger partial charge is 0.278 e. The Morgan fingerprint density at radius 1 is 1.27 bits per heavy atom. The number of sulfonamides is 1. The first kappa shape index (κ1) is 16.5. The van der Waals surface area contributed by atoms with Gasteiger partial charge in [0.05, 0.1) is 6.26 Å². The Morgan fingerprint density at radius 3 is 2.59 bits per heavy atom. The van der Waals surface area contributed by atoms with Crippen LogP contribution in [-0.4, -0.2) is 20.6 Å². The molecule has 7 heteroatoms. The van der Waals surface area contributed by atoms with E-state index in [0.29, 0.717) is 12.4 Å². The molecule has 0 saturated heterocycles. The molecule has 1 aromatic heterocycles. The van der Waals surface area contributed by atoms with Gasteiger partial charge < -0.3 is 4.74 Å². The van der Waals surface area contributed by atoms with Gasteiger partial charge in [-0.1, -0.05) is 24.3 Å². The van der Waals surface area contributed by atoms with E-state index >= 15 is 0 Å². The average Bonchev–Trinajstić information content (AvgIpc) is 2.77. The summed E-state index contributed by atoms with van der Waals surface area (Å²) in [6.07, 6.45) is 0.944. The van der Waals surface area contributed by atoms with Crippen LogP contribution >= 0.6 is 11.3 Å². The van der Waals surface area contributed by atoms with E-state index in [9.17, 15) is 13.2 Å². The van der Waals surface area contributed by atoms with Gasteiger partial charge in [0.25, 0.3) is 5.91 Å². The molecule has 1 aromatic carbocycles. The zero-order chi connectivity index (χ0) is 16.3. The summed E-state index contributed by atoms with van der Waals surface area (Å²) in [6, 6.07) is 9.53. The second kappa shape index (κ2) is 6.50. The van der Waals surface area contributed by atoms with E-state index in [-0.39, 0.29) is 4.88 Å². The summed E-state index contributed by atoms with van der Waals surface area (Å²) < 4.78 is 30.1. The lowest BCUT2D eigenvalue weighted by Gasteiger charge is -2.09. The number of benzene rings is 1. The fourth-order valence-electron chi connectivity index (χ4n) is 1.90. The van der Waals surface area contributed by atoms with E-state index in [1.807, 2.05) is 42.8 Å². The molecule has 0 saturated carbocycles. The Morgan fingerprint density at radius 2 is 1.95 bits per heavy atom. The molecule has 0 atom stereocenters. The number of carbonyl (C=O) groups is 1. The van der Waals surface area contributed by atoms with Gasteiger partial charge in [-0.25, -0.2) is 13.1 Å². The highest BCUT2D eigenvalue weighted by atomic mass is 32.2. The molecule has 1 N–H and O–H groups in total. The van der Waals surface area contributed by atoms with Crippen molar-refractivity contribution >= 4 is 27.3 Å². The molecule has 118 valence electrons. The number of aryl methyl sites for hydroxylation is 2. The molecule has 2 aromatic rings. The lowest BCUT2D eigenvalue weighted by atomic mass is 10.1. The van der Waals surface area contributed by atoms with E-state index in [0.717, 1.165) is 22.3 Å². The van der Waals surface area contributed by atoms with Crippen LogP contribution in [0.15, 0.2) is 30.3 Å². The zero-order valence-electron chi connectivity index (χ0n) is 12.5. The van der Waals surface area contributed by atoms with Crippen molar-refractivity contribution in [3.8, 4) is 5.75 Å². The van der Waals surface area contributed by atoms with Crippen LogP contribution in [0, 0.1) is 13.8 Å². The van der Waals surface area contributed by atoms with Gasteiger partial charge in [0.1, 0.15) is 17.2 Å². The Balaban J connectivity index is 2.18. The lowest BCUT2D eigenvalue weighted by Crippen LogP contribution is -2.28. The molecular weight excluding hydrogens is 322 g/mol. The molecule has 0 unspecified atom stereocenters. The van der Waals surface area contributed by atoms with E-state index in [2.05, 4.69) is 0 Å². The second-order valence-corrected chi connectivity index (χ2v) is 7.97. The van der Waals surface area contributed by atoms with Gasteiger partial charge in [-0.3, -0.25) is 4.79 Å². The Hall–Kier alpha value is -1.86. The minimum Gasteiger partial charge on any atom is -0.487 e. The number of thiophene rings is 1. The van der Waals surface area contributed by atoms with Crippen LogP contribution in [0.2, 0.25) is 0 Å². The number of hydrogen-bond acceptors (Lipinski definition) is 5. The van der Waals surface area contributed by atoms with Crippen molar-refractivity contribution < 1.29 is 17.9 Å². The third-order valence-electron chi connectivity index (χ3n) is 2.95. The fraction of sp³-hybridized carbons (Fsp3) is 0.267. The Kier molecular flexibility index (Phi) is 4.87. The van der Waals surface area contributed by atoms with Crippen LogP contribution in [0.25, 0.3) is 0 Å². The molecule has 0 aliphatic rings. The lowest BCUT2D eigenvalue weighted by molar-refractivity contribution is 0.0981. The first-order valence-corrected chi connectivity index (χ1v) is 9.27. The predicted molar refractivity (Wildman–Crippen MR) is 86.9 cm³/mol. The van der Waals surface area contributed by atoms with Crippen molar-refractivity contribution in [2.45, 2.75) is 20.5 Å². The van der Waals surface area contributed by atoms with Crippen LogP contribution in [0.3, 0.4) is 0 Å². The molecule has 2 rings (SSSR count). The molecule has 0 aliphatic carbocycles. The van der Waals surface area contributed by atoms with Gasteiger partial charge in [0.15, 0.2) is 0 Å². The van der Waals surface area contributed by atoms with Gasteiger partial charge in [0, 0.05) is 4.88 Å². The first-order chi connectivity index (χ1) is 10.3. The van der Waals surface area contributed by atoms with Gasteiger partial charge in [-0.15, -0.1) is 11.3 Å². The van der Waals surface area contributed by atoms with E-state index < -0.39 is 15.9 Å². The van der Waals surface area contributed by atoms with Gasteiger partial charge in [-0.2, -0.15) is 0 Å². The summed E-state index contributed by atoms with van der Waals surface area (Å²) in [7, 11) is -3.60. The highest BCUT2D eigenvalue weighted by Crippen LogP contribution is 2.30. The van der Waals surface area contributed by atoms with E-state index in [4.69, 9.17) is 4.74 Å². The summed E-state index contributed by atoms with van der Waals surface area (Å²) >= 11 is 1.20. The average molecular weight is 339 g/mol. The minimum absolute atomic E-state index is 0.261. The summed E-state index contributed by atoms with van der Waals surface area (Å²) in [5.74, 6) is -0.271. The number of hydrogen-bond donors (Lipinski definition) is 1. The number of carbonyl (C=O) groups excluding carboxylic acids is 1. The third-order valence-corrected chi connectivity index (χ3v) is 4.54. The Labute approximate surface area is 134 Å². The maximum absolute atomic E-state index is 12.0. The molecular formula is C15H17NO4S2. The summed E-state index contributed by atoms with van der Waals surface area (Å²) in [5.41, 5.74) is 2.11. The highest BCUT2D eigenvalue weighted by Gasteiger charge is 2.19. The largest absolute Gasteiger partial charge is 0.487 e. The van der Waals surface area contributed by atoms with Crippen molar-refractivity contribution in [1.29, 1.82) is 0 Å². The normalized spacial score (nSPS) is 11.2. The third kappa shape index (κ3) is 4.32. The number of rotatable bonds is 5. The van der Waals surface area contributed by atoms with Crippen molar-refractivity contribution in [3.05, 3.63) is 51.2 Å². The van der Waals surface area contributed by atoms with Gasteiger partial charge >= 0.3 is 0 Å². The summed E-state index contributed by atoms with van der Waals surface area (Å²) in [4.78, 5) is 13.1. The summed E-state index contributed by atoms with van der Waals surface area (Å²) in [5, 5.41) is 0. The highest BCUT2D eigenvalue weighted by molar-refractivity contribution is 7.89. The zero-order valence-corrected chi connectivity index (χ0v) is 14.2. The number of amides is 1. The van der Waals surface area contributed by atoms with Crippen LogP contribution in [-0.2, 0) is 16.6 Å². The van der Waals surface area contributed by atoms with Gasteiger partial charge in [0.2, 0.25) is 10.0 Å². The fourth-order valence-corrected chi connectivity index (χ4v) is 3.25. The van der Waals surface area contributed by atoms with E-state index in [1.54, 1.807) is 6.07 Å². The topological polar surface area (TPSA) is 72.5 Å². The molecule has 1 heterocycles.